The van der Waals surface area contributed by atoms with Gasteiger partial charge in [0.15, 0.2) is 0 Å². The van der Waals surface area contributed by atoms with Crippen molar-refractivity contribution in [2.24, 2.45) is 5.41 Å². The van der Waals surface area contributed by atoms with Crippen LogP contribution in [-0.4, -0.2) is 12.9 Å². The molecule has 1 aromatic carbocycles. The zero-order valence-electron chi connectivity index (χ0n) is 12.7. The second kappa shape index (κ2) is 4.33. The minimum atomic E-state index is -0.176. The van der Waals surface area contributed by atoms with E-state index in [1.807, 2.05) is 6.07 Å². The van der Waals surface area contributed by atoms with E-state index in [-0.39, 0.29) is 5.41 Å². The van der Waals surface area contributed by atoms with E-state index in [1.54, 1.807) is 7.11 Å². The fourth-order valence-corrected chi connectivity index (χ4v) is 4.47. The standard InChI is InChI=1S/C19H20O2/c1-3-19-9-8-15-14-5-4-13(21-2)10-12(14)11-16(15)17(19)6-7-18(19)20/h4-6,10H,3,7-9,11H2,1-2H3/t19-/m0/s1. The van der Waals surface area contributed by atoms with E-state index in [9.17, 15) is 4.79 Å². The number of carbonyl (C=O) groups excluding carboxylic acids is 1. The Labute approximate surface area is 125 Å². The van der Waals surface area contributed by atoms with Crippen molar-refractivity contribution in [2.45, 2.75) is 39.0 Å². The van der Waals surface area contributed by atoms with E-state index in [1.165, 1.54) is 27.8 Å². The van der Waals surface area contributed by atoms with Gasteiger partial charge in [-0.15, -0.1) is 0 Å². The van der Waals surface area contributed by atoms with Crippen LogP contribution >= 0.6 is 0 Å². The molecule has 0 spiro atoms. The Morgan fingerprint density at radius 2 is 2.14 bits per heavy atom. The highest BCUT2D eigenvalue weighted by Gasteiger charge is 2.48. The number of fused-ring (bicyclic) bond motifs is 4. The minimum Gasteiger partial charge on any atom is -0.497 e. The summed E-state index contributed by atoms with van der Waals surface area (Å²) in [7, 11) is 1.71. The molecule has 0 heterocycles. The molecule has 0 saturated heterocycles. The second-order valence-electron chi connectivity index (χ2n) is 6.34. The highest BCUT2D eigenvalue weighted by atomic mass is 16.5. The molecule has 0 unspecified atom stereocenters. The summed E-state index contributed by atoms with van der Waals surface area (Å²) in [6.45, 7) is 2.16. The monoisotopic (exact) mass is 280 g/mol. The lowest BCUT2D eigenvalue weighted by atomic mass is 9.67. The van der Waals surface area contributed by atoms with E-state index in [0.29, 0.717) is 12.2 Å². The summed E-state index contributed by atoms with van der Waals surface area (Å²) in [6.07, 6.45) is 6.74. The number of hydrogen-bond acceptors (Lipinski definition) is 2. The molecule has 2 heteroatoms. The van der Waals surface area contributed by atoms with Gasteiger partial charge in [0.1, 0.15) is 11.5 Å². The molecule has 1 aromatic rings. The lowest BCUT2D eigenvalue weighted by molar-refractivity contribution is -0.125. The summed E-state index contributed by atoms with van der Waals surface area (Å²) in [6, 6.07) is 6.38. The lowest BCUT2D eigenvalue weighted by Crippen LogP contribution is -2.31. The SMILES string of the molecule is CC[C@]12CCC3=C(Cc4cc(OC)ccc43)C1=CCC2=O. The molecule has 0 amide bonds. The van der Waals surface area contributed by atoms with Gasteiger partial charge in [-0.05, 0) is 65.7 Å². The Kier molecular flexibility index (Phi) is 2.66. The summed E-state index contributed by atoms with van der Waals surface area (Å²) in [4.78, 5) is 12.4. The van der Waals surface area contributed by atoms with Gasteiger partial charge in [-0.25, -0.2) is 0 Å². The molecule has 1 atom stereocenters. The fraction of sp³-hybridized carbons (Fsp3) is 0.421. The zero-order valence-corrected chi connectivity index (χ0v) is 12.7. The molecule has 0 bridgehead atoms. The van der Waals surface area contributed by atoms with Crippen LogP contribution in [0.25, 0.3) is 5.57 Å². The average Bonchev–Trinajstić information content (AvgIpc) is 3.04. The fourth-order valence-electron chi connectivity index (χ4n) is 4.47. The first kappa shape index (κ1) is 12.9. The van der Waals surface area contributed by atoms with Crippen molar-refractivity contribution in [3.05, 3.63) is 46.5 Å². The van der Waals surface area contributed by atoms with Crippen molar-refractivity contribution < 1.29 is 9.53 Å². The predicted molar refractivity (Wildman–Crippen MR) is 83.3 cm³/mol. The van der Waals surface area contributed by atoms with Crippen LogP contribution in [0.2, 0.25) is 0 Å². The summed E-state index contributed by atoms with van der Waals surface area (Å²) < 4.78 is 5.35. The topological polar surface area (TPSA) is 26.3 Å². The van der Waals surface area contributed by atoms with Gasteiger partial charge in [-0.3, -0.25) is 4.79 Å². The first-order valence-corrected chi connectivity index (χ1v) is 7.83. The Bertz CT molecular complexity index is 708. The summed E-state index contributed by atoms with van der Waals surface area (Å²) in [5, 5.41) is 0. The molecule has 4 rings (SSSR count). The number of rotatable bonds is 2. The highest BCUT2D eigenvalue weighted by Crippen LogP contribution is 2.56. The van der Waals surface area contributed by atoms with Crippen molar-refractivity contribution in [1.29, 1.82) is 0 Å². The first-order valence-electron chi connectivity index (χ1n) is 7.83. The number of carbonyl (C=O) groups is 1. The van der Waals surface area contributed by atoms with Gasteiger partial charge in [0, 0.05) is 6.42 Å². The Hall–Kier alpha value is -1.83. The maximum atomic E-state index is 12.4. The Morgan fingerprint density at radius 1 is 1.29 bits per heavy atom. The molecule has 0 fully saturated rings. The number of ether oxygens (including phenoxy) is 1. The van der Waals surface area contributed by atoms with Crippen molar-refractivity contribution in [3.63, 3.8) is 0 Å². The highest BCUT2D eigenvalue weighted by molar-refractivity contribution is 5.97. The molecule has 0 saturated carbocycles. The van der Waals surface area contributed by atoms with Gasteiger partial charge >= 0.3 is 0 Å². The molecular weight excluding hydrogens is 260 g/mol. The number of benzene rings is 1. The number of ketones is 1. The summed E-state index contributed by atoms with van der Waals surface area (Å²) in [5.41, 5.74) is 6.79. The quantitative estimate of drug-likeness (QED) is 0.815. The van der Waals surface area contributed by atoms with Gasteiger partial charge in [-0.1, -0.05) is 19.1 Å². The van der Waals surface area contributed by atoms with E-state index in [0.717, 1.165) is 31.4 Å². The van der Waals surface area contributed by atoms with Gasteiger partial charge < -0.3 is 4.74 Å². The van der Waals surface area contributed by atoms with Crippen LogP contribution in [0.5, 0.6) is 5.75 Å². The normalized spacial score (nSPS) is 26.4. The minimum absolute atomic E-state index is 0.176. The van der Waals surface area contributed by atoms with Crippen LogP contribution in [0.3, 0.4) is 0 Å². The Balaban J connectivity index is 1.81. The predicted octanol–water partition coefficient (Wildman–Crippen LogP) is 4.09. The van der Waals surface area contributed by atoms with E-state index in [4.69, 9.17) is 4.74 Å². The molecule has 0 radical (unpaired) electrons. The second-order valence-corrected chi connectivity index (χ2v) is 6.34. The number of hydrogen-bond donors (Lipinski definition) is 0. The van der Waals surface area contributed by atoms with Crippen LogP contribution in [0.1, 0.15) is 43.7 Å². The van der Waals surface area contributed by atoms with Crippen LogP contribution in [0.15, 0.2) is 35.4 Å². The van der Waals surface area contributed by atoms with Crippen LogP contribution in [0, 0.1) is 5.41 Å². The molecule has 0 aromatic heterocycles. The average molecular weight is 280 g/mol. The van der Waals surface area contributed by atoms with E-state index >= 15 is 0 Å². The molecular formula is C19H20O2. The van der Waals surface area contributed by atoms with E-state index < -0.39 is 0 Å². The molecule has 0 N–H and O–H groups in total. The van der Waals surface area contributed by atoms with Gasteiger partial charge in [0.25, 0.3) is 0 Å². The first-order chi connectivity index (χ1) is 10.2. The summed E-state index contributed by atoms with van der Waals surface area (Å²) in [5.74, 6) is 1.35. The van der Waals surface area contributed by atoms with Crippen LogP contribution in [-0.2, 0) is 11.2 Å². The van der Waals surface area contributed by atoms with Gasteiger partial charge in [-0.2, -0.15) is 0 Å². The van der Waals surface area contributed by atoms with Crippen molar-refractivity contribution in [2.75, 3.05) is 7.11 Å². The Morgan fingerprint density at radius 3 is 2.90 bits per heavy atom. The zero-order chi connectivity index (χ0) is 14.6. The molecule has 3 aliphatic carbocycles. The number of allylic oxidation sites excluding steroid dienone is 4. The molecule has 0 aliphatic heterocycles. The van der Waals surface area contributed by atoms with E-state index in [2.05, 4.69) is 25.1 Å². The van der Waals surface area contributed by atoms with Gasteiger partial charge in [0.05, 0.1) is 12.5 Å². The van der Waals surface area contributed by atoms with Crippen molar-refractivity contribution in [1.82, 2.24) is 0 Å². The van der Waals surface area contributed by atoms with Crippen molar-refractivity contribution in [3.8, 4) is 5.75 Å². The lowest BCUT2D eigenvalue weighted by Gasteiger charge is -2.35. The maximum Gasteiger partial charge on any atom is 0.147 e. The van der Waals surface area contributed by atoms with Gasteiger partial charge in [0.2, 0.25) is 0 Å². The smallest absolute Gasteiger partial charge is 0.147 e. The maximum absolute atomic E-state index is 12.4. The molecule has 2 nitrogen and oxygen atoms in total. The largest absolute Gasteiger partial charge is 0.497 e. The van der Waals surface area contributed by atoms with Crippen LogP contribution in [0.4, 0.5) is 0 Å². The molecule has 108 valence electrons. The van der Waals surface area contributed by atoms with Crippen LogP contribution < -0.4 is 4.74 Å². The third-order valence-corrected chi connectivity index (χ3v) is 5.64. The van der Waals surface area contributed by atoms with Crippen molar-refractivity contribution >= 4 is 11.4 Å². The molecule has 3 aliphatic rings. The third kappa shape index (κ3) is 1.56. The third-order valence-electron chi connectivity index (χ3n) is 5.64. The summed E-state index contributed by atoms with van der Waals surface area (Å²) >= 11 is 0. The number of methoxy groups -OCH3 is 1. The number of Topliss-reactive ketones (excluding diaryl/α,β-unsaturated/α-hetero) is 1. The molecule has 21 heavy (non-hydrogen) atoms.